The molecule has 0 heterocycles. The smallest absolute Gasteiger partial charge is 0.0845 e. The quantitative estimate of drug-likeness (QED) is 0.418. The van der Waals surface area contributed by atoms with Gasteiger partial charge in [-0.05, 0) is 19.4 Å². The van der Waals surface area contributed by atoms with Crippen molar-refractivity contribution in [1.82, 2.24) is 0 Å². The van der Waals surface area contributed by atoms with Gasteiger partial charge in [0.25, 0.3) is 0 Å². The van der Waals surface area contributed by atoms with Gasteiger partial charge >= 0.3 is 0 Å². The summed E-state index contributed by atoms with van der Waals surface area (Å²) >= 11 is 0. The Morgan fingerprint density at radius 2 is 2.09 bits per heavy atom. The molecule has 0 saturated heterocycles. The molecule has 0 atom stereocenters. The van der Waals surface area contributed by atoms with E-state index in [-0.39, 0.29) is 0 Å². The normalized spacial score (nSPS) is 10.7. The van der Waals surface area contributed by atoms with Crippen molar-refractivity contribution in [3.8, 4) is 0 Å². The van der Waals surface area contributed by atoms with E-state index in [1.807, 2.05) is 13.0 Å². The molecule has 0 amide bonds. The van der Waals surface area contributed by atoms with Gasteiger partial charge in [-0.2, -0.15) is 0 Å². The molecule has 0 bridgehead atoms. The van der Waals surface area contributed by atoms with Gasteiger partial charge in [-0.25, -0.2) is 0 Å². The molecule has 0 spiro atoms. The Bertz CT molecular complexity index is 89.6. The van der Waals surface area contributed by atoms with Crippen molar-refractivity contribution in [1.29, 1.82) is 0 Å². The van der Waals surface area contributed by atoms with E-state index < -0.39 is 0 Å². The van der Waals surface area contributed by atoms with Crippen LogP contribution in [-0.4, -0.2) is 19.8 Å². The maximum Gasteiger partial charge on any atom is 0.0845 e. The highest BCUT2D eigenvalue weighted by atomic mass is 16.5. The van der Waals surface area contributed by atoms with Crippen LogP contribution >= 0.6 is 0 Å². The summed E-state index contributed by atoms with van der Waals surface area (Å²) in [6, 6.07) is 0. The third-order valence-corrected chi connectivity index (χ3v) is 1.22. The van der Waals surface area contributed by atoms with Gasteiger partial charge in [-0.3, -0.25) is 0 Å². The summed E-state index contributed by atoms with van der Waals surface area (Å²) in [5, 5.41) is 0. The Hall–Kier alpha value is -0.500. The molecule has 0 aliphatic carbocycles. The van der Waals surface area contributed by atoms with E-state index in [0.29, 0.717) is 6.61 Å². The first-order valence-electron chi connectivity index (χ1n) is 4.26. The Morgan fingerprint density at radius 3 is 2.73 bits per heavy atom. The van der Waals surface area contributed by atoms with E-state index in [9.17, 15) is 0 Å². The highest BCUT2D eigenvalue weighted by Crippen LogP contribution is 1.87. The Morgan fingerprint density at radius 1 is 1.27 bits per heavy atom. The van der Waals surface area contributed by atoms with Crippen molar-refractivity contribution in [2.45, 2.75) is 26.7 Å². The summed E-state index contributed by atoms with van der Waals surface area (Å²) in [5.74, 6) is 0. The lowest BCUT2D eigenvalue weighted by atomic mass is 10.4. The first kappa shape index (κ1) is 10.5. The highest BCUT2D eigenvalue weighted by molar-refractivity contribution is 4.72. The van der Waals surface area contributed by atoms with E-state index in [4.69, 9.17) is 9.47 Å². The molecule has 0 aromatic carbocycles. The fraction of sp³-hybridized carbons (Fsp3) is 0.778. The average Bonchev–Trinajstić information content (AvgIpc) is 2.03. The molecule has 0 unspecified atom stereocenters. The van der Waals surface area contributed by atoms with Crippen LogP contribution in [-0.2, 0) is 9.47 Å². The van der Waals surface area contributed by atoms with Gasteiger partial charge in [-0.1, -0.05) is 13.3 Å². The third-order valence-electron chi connectivity index (χ3n) is 1.22. The Balaban J connectivity index is 2.89. The molecule has 0 aliphatic rings. The molecule has 2 nitrogen and oxygen atoms in total. The Kier molecular flexibility index (Phi) is 9.07. The average molecular weight is 158 g/mol. The number of hydrogen-bond acceptors (Lipinski definition) is 2. The zero-order valence-electron chi connectivity index (χ0n) is 7.51. The van der Waals surface area contributed by atoms with Gasteiger partial charge in [-0.15, -0.1) is 0 Å². The summed E-state index contributed by atoms with van der Waals surface area (Å²) in [6.07, 6.45) is 5.91. The summed E-state index contributed by atoms with van der Waals surface area (Å²) in [5.41, 5.74) is 0. The van der Waals surface area contributed by atoms with Crippen LogP contribution in [0.3, 0.4) is 0 Å². The molecule has 0 rings (SSSR count). The molecule has 0 radical (unpaired) electrons. The summed E-state index contributed by atoms with van der Waals surface area (Å²) in [6.45, 7) is 6.36. The first-order chi connectivity index (χ1) is 5.41. The standard InChI is InChI=1S/C9H18O2/c1-3-5-7-11-9-6-8-10-4-2/h6,8H,3-5,7,9H2,1-2H3. The molecule has 0 N–H and O–H groups in total. The van der Waals surface area contributed by atoms with Gasteiger partial charge in [0.1, 0.15) is 0 Å². The topological polar surface area (TPSA) is 18.5 Å². The van der Waals surface area contributed by atoms with Crippen molar-refractivity contribution in [2.75, 3.05) is 19.8 Å². The van der Waals surface area contributed by atoms with E-state index in [2.05, 4.69) is 6.92 Å². The van der Waals surface area contributed by atoms with Crippen molar-refractivity contribution in [2.24, 2.45) is 0 Å². The Labute approximate surface area is 69.2 Å². The van der Waals surface area contributed by atoms with Crippen LogP contribution in [0.2, 0.25) is 0 Å². The molecule has 0 aliphatic heterocycles. The van der Waals surface area contributed by atoms with Crippen molar-refractivity contribution in [3.63, 3.8) is 0 Å². The lowest BCUT2D eigenvalue weighted by Crippen LogP contribution is -1.93. The zero-order chi connectivity index (χ0) is 8.36. The van der Waals surface area contributed by atoms with E-state index >= 15 is 0 Å². The highest BCUT2D eigenvalue weighted by Gasteiger charge is 1.81. The molecule has 66 valence electrons. The monoisotopic (exact) mass is 158 g/mol. The lowest BCUT2D eigenvalue weighted by molar-refractivity contribution is 0.156. The molecule has 2 heteroatoms. The number of ether oxygens (including phenoxy) is 2. The summed E-state index contributed by atoms with van der Waals surface area (Å²) in [4.78, 5) is 0. The SMILES string of the molecule is CCCCOCC=COCC. The molecule has 0 saturated carbocycles. The number of unbranched alkanes of at least 4 members (excludes halogenated alkanes) is 1. The van der Waals surface area contributed by atoms with Crippen LogP contribution in [0.25, 0.3) is 0 Å². The largest absolute Gasteiger partial charge is 0.502 e. The lowest BCUT2D eigenvalue weighted by Gasteiger charge is -1.97. The molecule has 0 fully saturated rings. The third kappa shape index (κ3) is 9.50. The van der Waals surface area contributed by atoms with Gasteiger partial charge in [0.05, 0.1) is 19.5 Å². The van der Waals surface area contributed by atoms with Crippen molar-refractivity contribution >= 4 is 0 Å². The van der Waals surface area contributed by atoms with Crippen molar-refractivity contribution in [3.05, 3.63) is 12.3 Å². The maximum atomic E-state index is 5.25. The second-order valence-corrected chi connectivity index (χ2v) is 2.26. The second kappa shape index (κ2) is 9.50. The first-order valence-corrected chi connectivity index (χ1v) is 4.26. The summed E-state index contributed by atoms with van der Waals surface area (Å²) in [7, 11) is 0. The minimum Gasteiger partial charge on any atom is -0.502 e. The summed E-state index contributed by atoms with van der Waals surface area (Å²) < 4.78 is 10.2. The predicted octanol–water partition coefficient (Wildman–Crippen LogP) is 2.35. The fourth-order valence-electron chi connectivity index (χ4n) is 0.601. The molecule has 11 heavy (non-hydrogen) atoms. The molecular weight excluding hydrogens is 140 g/mol. The molecule has 0 aromatic rings. The minimum absolute atomic E-state index is 0.667. The predicted molar refractivity (Wildman–Crippen MR) is 46.5 cm³/mol. The van der Waals surface area contributed by atoms with Crippen molar-refractivity contribution < 1.29 is 9.47 Å². The van der Waals surface area contributed by atoms with Gasteiger partial charge in [0.15, 0.2) is 0 Å². The van der Waals surface area contributed by atoms with Crippen LogP contribution in [0, 0.1) is 0 Å². The molecular formula is C9H18O2. The van der Waals surface area contributed by atoms with Crippen LogP contribution in [0.1, 0.15) is 26.7 Å². The van der Waals surface area contributed by atoms with Crippen LogP contribution in [0.5, 0.6) is 0 Å². The second-order valence-electron chi connectivity index (χ2n) is 2.26. The van der Waals surface area contributed by atoms with Gasteiger partial charge in [0, 0.05) is 6.61 Å². The van der Waals surface area contributed by atoms with Crippen LogP contribution in [0.15, 0.2) is 12.3 Å². The van der Waals surface area contributed by atoms with Gasteiger partial charge < -0.3 is 9.47 Å². The number of hydrogen-bond donors (Lipinski definition) is 0. The maximum absolute atomic E-state index is 5.25. The number of rotatable bonds is 7. The van der Waals surface area contributed by atoms with Crippen LogP contribution < -0.4 is 0 Å². The van der Waals surface area contributed by atoms with Gasteiger partial charge in [0.2, 0.25) is 0 Å². The fourth-order valence-corrected chi connectivity index (χ4v) is 0.601. The minimum atomic E-state index is 0.667. The zero-order valence-corrected chi connectivity index (χ0v) is 7.51. The van der Waals surface area contributed by atoms with E-state index in [1.54, 1.807) is 6.26 Å². The van der Waals surface area contributed by atoms with E-state index in [1.165, 1.54) is 6.42 Å². The molecule has 0 aromatic heterocycles. The van der Waals surface area contributed by atoms with Crippen LogP contribution in [0.4, 0.5) is 0 Å². The van der Waals surface area contributed by atoms with E-state index in [0.717, 1.165) is 19.6 Å².